The maximum atomic E-state index is 6.46. The third-order valence-corrected chi connectivity index (χ3v) is 6.98. The Morgan fingerprint density at radius 3 is 2.44 bits per heavy atom. The highest BCUT2D eigenvalue weighted by Gasteiger charge is 2.38. The van der Waals surface area contributed by atoms with Crippen molar-refractivity contribution in [1.82, 2.24) is 29.4 Å². The number of rotatable bonds is 7. The van der Waals surface area contributed by atoms with E-state index in [9.17, 15) is 0 Å². The molecule has 0 aliphatic carbocycles. The highest BCUT2D eigenvalue weighted by Crippen LogP contribution is 2.49. The van der Waals surface area contributed by atoms with Crippen LogP contribution in [-0.4, -0.2) is 42.7 Å². The van der Waals surface area contributed by atoms with Gasteiger partial charge in [-0.3, -0.25) is 0 Å². The Balaban J connectivity index is 1.26. The zero-order valence-corrected chi connectivity index (χ0v) is 22.4. The fourth-order valence-corrected chi connectivity index (χ4v) is 5.09. The van der Waals surface area contributed by atoms with Crippen molar-refractivity contribution in [3.63, 3.8) is 0 Å². The molecular formula is C31H25N7O3. The Bertz CT molecular complexity index is 1860. The highest BCUT2D eigenvalue weighted by molar-refractivity contribution is 5.79. The molecule has 0 saturated heterocycles. The quantitative estimate of drug-likeness (QED) is 0.194. The van der Waals surface area contributed by atoms with E-state index in [1.54, 1.807) is 24.2 Å². The average molecular weight is 544 g/mol. The fraction of sp³-hybridized carbons (Fsp3) is 0.129. The number of aryl methyl sites for hydroxylation is 1. The van der Waals surface area contributed by atoms with Gasteiger partial charge in [0.15, 0.2) is 18.1 Å². The molecule has 1 aliphatic heterocycles. The van der Waals surface area contributed by atoms with E-state index in [0.29, 0.717) is 23.2 Å². The van der Waals surface area contributed by atoms with Crippen LogP contribution in [0.1, 0.15) is 39.7 Å². The molecule has 0 radical (unpaired) electrons. The summed E-state index contributed by atoms with van der Waals surface area (Å²) in [4.78, 5) is 15.0. The molecule has 0 saturated carbocycles. The molecule has 3 aromatic heterocycles. The van der Waals surface area contributed by atoms with Crippen molar-refractivity contribution in [2.24, 2.45) is 5.16 Å². The minimum absolute atomic E-state index is 0.0934. The third-order valence-electron chi connectivity index (χ3n) is 6.98. The van der Waals surface area contributed by atoms with Gasteiger partial charge in [-0.25, -0.2) is 19.2 Å². The van der Waals surface area contributed by atoms with Gasteiger partial charge in [0.2, 0.25) is 11.8 Å². The summed E-state index contributed by atoms with van der Waals surface area (Å²) < 4.78 is 15.1. The van der Waals surface area contributed by atoms with Gasteiger partial charge in [0.05, 0.1) is 41.8 Å². The molecule has 0 fully saturated rings. The van der Waals surface area contributed by atoms with Crippen LogP contribution in [0.3, 0.4) is 0 Å². The van der Waals surface area contributed by atoms with Gasteiger partial charge in [-0.1, -0.05) is 53.7 Å². The van der Waals surface area contributed by atoms with Gasteiger partial charge in [0.1, 0.15) is 12.1 Å². The molecule has 4 heterocycles. The van der Waals surface area contributed by atoms with Crippen molar-refractivity contribution < 1.29 is 14.3 Å². The van der Waals surface area contributed by atoms with Crippen molar-refractivity contribution in [3.8, 4) is 23.2 Å². The Morgan fingerprint density at radius 2 is 1.68 bits per heavy atom. The summed E-state index contributed by atoms with van der Waals surface area (Å²) in [6.07, 6.45) is 3.24. The average Bonchev–Trinajstić information content (AvgIpc) is 3.60. The van der Waals surface area contributed by atoms with Gasteiger partial charge < -0.3 is 14.3 Å². The first kappa shape index (κ1) is 24.5. The predicted molar refractivity (Wildman–Crippen MR) is 152 cm³/mol. The Kier molecular flexibility index (Phi) is 6.12. The van der Waals surface area contributed by atoms with Crippen LogP contribution in [0.2, 0.25) is 0 Å². The number of para-hydroxylation sites is 1. The number of benzene rings is 3. The number of ether oxygens (including phenoxy) is 2. The Morgan fingerprint density at radius 1 is 0.927 bits per heavy atom. The van der Waals surface area contributed by atoms with Crippen molar-refractivity contribution in [3.05, 3.63) is 125 Å². The van der Waals surface area contributed by atoms with Crippen LogP contribution in [0.5, 0.6) is 17.5 Å². The van der Waals surface area contributed by atoms with Crippen LogP contribution in [0, 0.1) is 6.92 Å². The van der Waals surface area contributed by atoms with Gasteiger partial charge >= 0.3 is 0 Å². The normalized spacial score (nSPS) is 14.0. The second kappa shape index (κ2) is 10.2. The minimum atomic E-state index is -0.213. The predicted octanol–water partition coefficient (Wildman–Crippen LogP) is 5.46. The molecule has 3 aromatic carbocycles. The largest absolute Gasteiger partial charge is 0.497 e. The molecule has 0 N–H and O–H groups in total. The summed E-state index contributed by atoms with van der Waals surface area (Å²) in [5.74, 6) is 2.15. The lowest BCUT2D eigenvalue weighted by molar-refractivity contribution is 0.126. The van der Waals surface area contributed by atoms with Crippen LogP contribution in [-0.2, 0) is 11.4 Å². The van der Waals surface area contributed by atoms with Crippen molar-refractivity contribution in [2.45, 2.75) is 19.4 Å². The van der Waals surface area contributed by atoms with Crippen LogP contribution < -0.4 is 9.47 Å². The van der Waals surface area contributed by atoms with Crippen LogP contribution in [0.25, 0.3) is 11.3 Å². The number of fused-ring (bicyclic) bond motifs is 4. The van der Waals surface area contributed by atoms with E-state index in [1.165, 1.54) is 0 Å². The first-order chi connectivity index (χ1) is 20.2. The first-order valence-electron chi connectivity index (χ1n) is 13.1. The molecule has 0 spiro atoms. The summed E-state index contributed by atoms with van der Waals surface area (Å²) >= 11 is 0. The molecule has 1 unspecified atom stereocenters. The smallest absolute Gasteiger partial charge is 0.230 e. The molecule has 10 heteroatoms. The molecule has 1 atom stereocenters. The number of oxime groups is 1. The van der Waals surface area contributed by atoms with Gasteiger partial charge in [-0.15, -0.1) is 5.10 Å². The third kappa shape index (κ3) is 4.45. The van der Waals surface area contributed by atoms with E-state index < -0.39 is 0 Å². The van der Waals surface area contributed by atoms with Gasteiger partial charge in [0.25, 0.3) is 0 Å². The maximum Gasteiger partial charge on any atom is 0.230 e. The molecule has 202 valence electrons. The number of hydrogen-bond acceptors (Lipinski definition) is 8. The summed E-state index contributed by atoms with van der Waals surface area (Å²) in [6.45, 7) is 2.09. The monoisotopic (exact) mass is 543 g/mol. The van der Waals surface area contributed by atoms with E-state index in [-0.39, 0.29) is 12.5 Å². The molecule has 0 bridgehead atoms. The molecular weight excluding hydrogens is 518 g/mol. The standard InChI is InChI=1S/C31H25N7O3/c1-20-26-27(22-9-5-3-6-10-22)28-29-34-25(18-40-33-17-21-13-15-24(39-2)16-14-21)36-37(29)19-32-30(28)41-31(26)38(35-20)23-11-7-4-8-12-23/h3-17,19,27H,18H2,1-2H3/b33-17+. The van der Waals surface area contributed by atoms with E-state index in [0.717, 1.165) is 39.4 Å². The minimum Gasteiger partial charge on any atom is -0.497 e. The first-order valence-corrected chi connectivity index (χ1v) is 13.1. The van der Waals surface area contributed by atoms with E-state index in [1.807, 2.05) is 84.4 Å². The Hall–Kier alpha value is -5.51. The van der Waals surface area contributed by atoms with Gasteiger partial charge in [0, 0.05) is 0 Å². The molecule has 7 rings (SSSR count). The summed E-state index contributed by atoms with van der Waals surface area (Å²) in [7, 11) is 1.63. The lowest BCUT2D eigenvalue weighted by atomic mass is 9.84. The van der Waals surface area contributed by atoms with Crippen LogP contribution in [0.4, 0.5) is 0 Å². The van der Waals surface area contributed by atoms with Crippen LogP contribution in [0.15, 0.2) is 96.4 Å². The van der Waals surface area contributed by atoms with Crippen molar-refractivity contribution in [2.75, 3.05) is 7.11 Å². The zero-order valence-electron chi connectivity index (χ0n) is 22.4. The molecule has 10 nitrogen and oxygen atoms in total. The summed E-state index contributed by atoms with van der Waals surface area (Å²) in [5, 5.41) is 13.5. The SMILES string of the molecule is COc1ccc(/C=N/OCc2nc3c4c(ncn3n2)Oc2c(c(C)nn2-c2ccccc2)C4c2ccccc2)cc1. The number of methoxy groups -OCH3 is 1. The van der Waals surface area contributed by atoms with Crippen molar-refractivity contribution in [1.29, 1.82) is 0 Å². The molecule has 0 amide bonds. The lowest BCUT2D eigenvalue weighted by Gasteiger charge is -2.26. The lowest BCUT2D eigenvalue weighted by Crippen LogP contribution is -2.16. The highest BCUT2D eigenvalue weighted by atomic mass is 16.6. The Labute approximate surface area is 235 Å². The van der Waals surface area contributed by atoms with Crippen LogP contribution >= 0.6 is 0 Å². The number of hydrogen-bond donors (Lipinski definition) is 0. The second-order valence-electron chi connectivity index (χ2n) is 9.54. The van der Waals surface area contributed by atoms with E-state index >= 15 is 0 Å². The molecule has 1 aliphatic rings. The molecule has 41 heavy (non-hydrogen) atoms. The molecule has 6 aromatic rings. The van der Waals surface area contributed by atoms with Gasteiger partial charge in [-0.2, -0.15) is 5.10 Å². The van der Waals surface area contributed by atoms with Crippen molar-refractivity contribution >= 4 is 11.9 Å². The summed E-state index contributed by atoms with van der Waals surface area (Å²) in [6, 6.07) is 27.7. The zero-order chi connectivity index (χ0) is 27.8. The maximum absolute atomic E-state index is 6.46. The number of aromatic nitrogens is 6. The van der Waals surface area contributed by atoms with E-state index in [4.69, 9.17) is 24.4 Å². The number of nitrogens with zero attached hydrogens (tertiary/aromatic N) is 7. The summed E-state index contributed by atoms with van der Waals surface area (Å²) in [5.41, 5.74) is 6.16. The fourth-order valence-electron chi connectivity index (χ4n) is 5.09. The van der Waals surface area contributed by atoms with Gasteiger partial charge in [-0.05, 0) is 54.4 Å². The topological polar surface area (TPSA) is 101 Å². The van der Waals surface area contributed by atoms with E-state index in [2.05, 4.69) is 27.4 Å². The second-order valence-corrected chi connectivity index (χ2v) is 9.54.